The lowest BCUT2D eigenvalue weighted by Gasteiger charge is -1.96. The van der Waals surface area contributed by atoms with Gasteiger partial charge in [-0.1, -0.05) is 11.6 Å². The summed E-state index contributed by atoms with van der Waals surface area (Å²) in [5, 5.41) is 0.616. The third kappa shape index (κ3) is 1.54. The molecular weight excluding hydrogens is 265 g/mol. The van der Waals surface area contributed by atoms with Crippen LogP contribution in [0.25, 0.3) is 11.0 Å². The van der Waals surface area contributed by atoms with Gasteiger partial charge >= 0.3 is 0 Å². The average molecular weight is 275 g/mol. The van der Waals surface area contributed by atoms with Crippen molar-refractivity contribution in [3.8, 4) is 0 Å². The van der Waals surface area contributed by atoms with Crippen LogP contribution in [-0.2, 0) is 0 Å². The molecule has 0 saturated heterocycles. The minimum Gasteiger partial charge on any atom is -0.341 e. The van der Waals surface area contributed by atoms with Gasteiger partial charge in [0.2, 0.25) is 0 Å². The number of halogens is 2. The van der Waals surface area contributed by atoms with Crippen LogP contribution >= 0.6 is 27.5 Å². The minimum atomic E-state index is -0.114. The Kier molecular flexibility index (Phi) is 2.51. The van der Waals surface area contributed by atoms with E-state index in [1.54, 1.807) is 0 Å². The quantitative estimate of drug-likeness (QED) is 0.840. The zero-order chi connectivity index (χ0) is 10.3. The molecule has 0 saturated carbocycles. The van der Waals surface area contributed by atoms with Gasteiger partial charge < -0.3 is 10.7 Å². The molecule has 3 N–H and O–H groups in total. The average Bonchev–Trinajstić information content (AvgIpc) is 2.56. The van der Waals surface area contributed by atoms with Crippen molar-refractivity contribution >= 4 is 38.6 Å². The summed E-state index contributed by atoms with van der Waals surface area (Å²) in [6.07, 6.45) is 0. The second-order valence-electron chi connectivity index (χ2n) is 3.17. The Morgan fingerprint density at radius 1 is 1.57 bits per heavy atom. The summed E-state index contributed by atoms with van der Waals surface area (Å²) in [6.45, 7) is 1.88. The standard InChI is InChI=1S/C9H9BrClN3/c1-4(12)9-13-6-3-2-5(10)7(11)8(6)14-9/h2-4H,12H2,1H3,(H,13,14). The molecule has 1 aromatic heterocycles. The molecule has 2 rings (SSSR count). The highest BCUT2D eigenvalue weighted by atomic mass is 79.9. The zero-order valence-corrected chi connectivity index (χ0v) is 9.85. The van der Waals surface area contributed by atoms with Gasteiger partial charge in [-0.2, -0.15) is 0 Å². The molecule has 0 amide bonds. The normalized spacial score (nSPS) is 13.4. The van der Waals surface area contributed by atoms with E-state index in [0.717, 1.165) is 21.3 Å². The lowest BCUT2D eigenvalue weighted by atomic mass is 10.3. The number of nitrogens with zero attached hydrogens (tertiary/aromatic N) is 1. The number of fused-ring (bicyclic) bond motifs is 1. The van der Waals surface area contributed by atoms with Crippen molar-refractivity contribution in [1.82, 2.24) is 9.97 Å². The number of rotatable bonds is 1. The predicted octanol–water partition coefficient (Wildman–Crippen LogP) is 3.00. The van der Waals surface area contributed by atoms with Crippen molar-refractivity contribution in [1.29, 1.82) is 0 Å². The number of hydrogen-bond acceptors (Lipinski definition) is 2. The predicted molar refractivity (Wildman–Crippen MR) is 61.4 cm³/mol. The summed E-state index contributed by atoms with van der Waals surface area (Å²) in [7, 11) is 0. The molecule has 2 aromatic rings. The van der Waals surface area contributed by atoms with Crippen molar-refractivity contribution in [2.75, 3.05) is 0 Å². The minimum absolute atomic E-state index is 0.114. The van der Waals surface area contributed by atoms with Crippen LogP contribution in [0.1, 0.15) is 18.8 Å². The molecule has 1 unspecified atom stereocenters. The highest BCUT2D eigenvalue weighted by Crippen LogP contribution is 2.30. The maximum atomic E-state index is 6.07. The second-order valence-corrected chi connectivity index (χ2v) is 4.40. The molecule has 0 bridgehead atoms. The Morgan fingerprint density at radius 2 is 2.29 bits per heavy atom. The molecule has 3 nitrogen and oxygen atoms in total. The summed E-state index contributed by atoms with van der Waals surface area (Å²) in [6, 6.07) is 3.69. The number of nitrogens with one attached hydrogen (secondary N) is 1. The van der Waals surface area contributed by atoms with Crippen molar-refractivity contribution < 1.29 is 0 Å². The van der Waals surface area contributed by atoms with Crippen LogP contribution in [0.15, 0.2) is 16.6 Å². The first kappa shape index (κ1) is 9.96. The smallest absolute Gasteiger partial charge is 0.124 e. The highest BCUT2D eigenvalue weighted by molar-refractivity contribution is 9.10. The Bertz CT molecular complexity index is 478. The van der Waals surface area contributed by atoms with Gasteiger partial charge in [-0.25, -0.2) is 4.98 Å². The van der Waals surface area contributed by atoms with Crippen molar-refractivity contribution in [2.45, 2.75) is 13.0 Å². The largest absolute Gasteiger partial charge is 0.341 e. The molecule has 74 valence electrons. The molecule has 0 fully saturated rings. The van der Waals surface area contributed by atoms with E-state index in [1.807, 2.05) is 19.1 Å². The molecule has 14 heavy (non-hydrogen) atoms. The van der Waals surface area contributed by atoms with Crippen LogP contribution in [0.3, 0.4) is 0 Å². The van der Waals surface area contributed by atoms with Gasteiger partial charge in [-0.15, -0.1) is 0 Å². The van der Waals surface area contributed by atoms with Crippen LogP contribution in [-0.4, -0.2) is 9.97 Å². The van der Waals surface area contributed by atoms with Crippen LogP contribution in [0.5, 0.6) is 0 Å². The summed E-state index contributed by atoms with van der Waals surface area (Å²) < 4.78 is 0.842. The Labute approximate surface area is 94.8 Å². The van der Waals surface area contributed by atoms with Crippen LogP contribution in [0.2, 0.25) is 5.02 Å². The Hall–Kier alpha value is -0.580. The van der Waals surface area contributed by atoms with Crippen LogP contribution in [0.4, 0.5) is 0 Å². The van der Waals surface area contributed by atoms with E-state index in [9.17, 15) is 0 Å². The van der Waals surface area contributed by atoms with Gasteiger partial charge in [0.15, 0.2) is 0 Å². The lowest BCUT2D eigenvalue weighted by Crippen LogP contribution is -2.06. The number of imidazole rings is 1. The summed E-state index contributed by atoms with van der Waals surface area (Å²) in [4.78, 5) is 7.45. The SMILES string of the molecule is CC(N)c1nc2c(Cl)c(Br)ccc2[nH]1. The molecule has 0 radical (unpaired) electrons. The molecule has 0 aliphatic carbocycles. The third-order valence-electron chi connectivity index (χ3n) is 2.00. The molecule has 0 aliphatic heterocycles. The fourth-order valence-electron chi connectivity index (χ4n) is 1.25. The second kappa shape index (κ2) is 3.53. The van der Waals surface area contributed by atoms with E-state index < -0.39 is 0 Å². The monoisotopic (exact) mass is 273 g/mol. The topological polar surface area (TPSA) is 54.7 Å². The zero-order valence-electron chi connectivity index (χ0n) is 7.51. The fourth-order valence-corrected chi connectivity index (χ4v) is 1.78. The first-order chi connectivity index (χ1) is 6.59. The van der Waals surface area contributed by atoms with Crippen molar-refractivity contribution in [3.05, 3.63) is 27.5 Å². The summed E-state index contributed by atoms with van der Waals surface area (Å²) in [5.41, 5.74) is 7.38. The number of nitrogens with two attached hydrogens (primary N) is 1. The molecule has 0 spiro atoms. The van der Waals surface area contributed by atoms with Gasteiger partial charge in [-0.05, 0) is 35.0 Å². The first-order valence-electron chi connectivity index (χ1n) is 4.19. The van der Waals surface area contributed by atoms with Gasteiger partial charge in [0, 0.05) is 4.47 Å². The van der Waals surface area contributed by atoms with E-state index in [4.69, 9.17) is 17.3 Å². The number of aromatic nitrogens is 2. The number of benzene rings is 1. The van der Waals surface area contributed by atoms with Crippen molar-refractivity contribution in [2.24, 2.45) is 5.73 Å². The van der Waals surface area contributed by atoms with Crippen molar-refractivity contribution in [3.63, 3.8) is 0 Å². The maximum absolute atomic E-state index is 6.07. The van der Waals surface area contributed by atoms with E-state index in [0.29, 0.717) is 5.02 Å². The highest BCUT2D eigenvalue weighted by Gasteiger charge is 2.10. The lowest BCUT2D eigenvalue weighted by molar-refractivity contribution is 0.760. The third-order valence-corrected chi connectivity index (χ3v) is 3.27. The molecular formula is C9H9BrClN3. The maximum Gasteiger partial charge on any atom is 0.124 e. The van der Waals surface area contributed by atoms with Crippen LogP contribution in [0, 0.1) is 0 Å². The number of H-pyrrole nitrogens is 1. The summed E-state index contributed by atoms with van der Waals surface area (Å²) >= 11 is 9.42. The van der Waals surface area contributed by atoms with Gasteiger partial charge in [0.1, 0.15) is 11.3 Å². The fraction of sp³-hybridized carbons (Fsp3) is 0.222. The molecule has 5 heteroatoms. The van der Waals surface area contributed by atoms with E-state index in [-0.39, 0.29) is 6.04 Å². The van der Waals surface area contributed by atoms with E-state index >= 15 is 0 Å². The van der Waals surface area contributed by atoms with Gasteiger partial charge in [0.05, 0.1) is 16.6 Å². The van der Waals surface area contributed by atoms with Crippen LogP contribution < -0.4 is 5.73 Å². The van der Waals surface area contributed by atoms with E-state index in [1.165, 1.54) is 0 Å². The first-order valence-corrected chi connectivity index (χ1v) is 5.36. The number of hydrogen-bond donors (Lipinski definition) is 2. The summed E-state index contributed by atoms with van der Waals surface area (Å²) in [5.74, 6) is 0.750. The molecule has 0 aliphatic rings. The van der Waals surface area contributed by atoms with E-state index in [2.05, 4.69) is 25.9 Å². The molecule has 1 atom stereocenters. The van der Waals surface area contributed by atoms with Gasteiger partial charge in [0.25, 0.3) is 0 Å². The molecule has 1 heterocycles. The molecule has 1 aromatic carbocycles. The Morgan fingerprint density at radius 3 is 2.93 bits per heavy atom. The Balaban J connectivity index is 2.71. The van der Waals surface area contributed by atoms with Gasteiger partial charge in [-0.3, -0.25) is 0 Å². The number of aromatic amines is 1.